The Labute approximate surface area is 204 Å². The molecule has 182 valence electrons. The topological polar surface area (TPSA) is 54.4 Å². The summed E-state index contributed by atoms with van der Waals surface area (Å²) in [4.78, 5) is 4.35. The Kier molecular flexibility index (Phi) is 5.74. The van der Waals surface area contributed by atoms with Crippen LogP contribution in [0.5, 0.6) is 17.2 Å². The van der Waals surface area contributed by atoms with Crippen molar-refractivity contribution < 1.29 is 23.7 Å². The van der Waals surface area contributed by atoms with Crippen molar-refractivity contribution in [1.29, 1.82) is 0 Å². The first kappa shape index (κ1) is 22.2. The van der Waals surface area contributed by atoms with Crippen LogP contribution in [0.1, 0.15) is 29.5 Å². The van der Waals surface area contributed by atoms with E-state index in [-0.39, 0.29) is 12.6 Å². The number of rotatable bonds is 4. The summed E-state index contributed by atoms with van der Waals surface area (Å²) in [6.45, 7) is 4.27. The molecule has 3 heterocycles. The molecule has 1 saturated heterocycles. The minimum absolute atomic E-state index is 0.221. The van der Waals surface area contributed by atoms with Gasteiger partial charge in [0, 0.05) is 43.9 Å². The number of nitrogens with zero attached hydrogens (tertiary/aromatic N) is 2. The molecule has 3 aliphatic rings. The maximum Gasteiger partial charge on any atom is 0.231 e. The summed E-state index contributed by atoms with van der Waals surface area (Å²) in [6, 6.07) is 18.9. The lowest BCUT2D eigenvalue weighted by atomic mass is 9.83. The van der Waals surface area contributed by atoms with Gasteiger partial charge in [0.2, 0.25) is 6.79 Å². The largest absolute Gasteiger partial charge is 0.492 e. The molecule has 7 heteroatoms. The molecule has 3 aromatic carbocycles. The molecule has 3 aromatic rings. The van der Waals surface area contributed by atoms with E-state index in [2.05, 4.69) is 17.0 Å². The molecule has 3 aliphatic heterocycles. The molecule has 0 atom stereocenters. The minimum Gasteiger partial charge on any atom is -0.492 e. The van der Waals surface area contributed by atoms with Gasteiger partial charge >= 0.3 is 0 Å². The molecule has 0 radical (unpaired) electrons. The number of piperidine rings is 1. The van der Waals surface area contributed by atoms with E-state index >= 15 is 0 Å². The number of ether oxygens (including phenoxy) is 3. The lowest BCUT2D eigenvalue weighted by Gasteiger charge is -2.40. The number of fused-ring (bicyclic) bond motifs is 2. The summed E-state index contributed by atoms with van der Waals surface area (Å²) in [5.41, 5.74) is 2.71. The first-order valence-electron chi connectivity index (χ1n) is 12.2. The Balaban J connectivity index is 1.19. The summed E-state index contributed by atoms with van der Waals surface area (Å²) in [7, 11) is 0. The zero-order chi connectivity index (χ0) is 23.8. The zero-order valence-electron chi connectivity index (χ0n) is 19.6. The zero-order valence-corrected chi connectivity index (χ0v) is 19.6. The van der Waals surface area contributed by atoms with Crippen LogP contribution in [0.15, 0.2) is 60.7 Å². The van der Waals surface area contributed by atoms with Crippen molar-refractivity contribution in [2.24, 2.45) is 0 Å². The number of hydrogen-bond donors (Lipinski definition) is 1. The van der Waals surface area contributed by atoms with E-state index in [9.17, 15) is 9.50 Å². The van der Waals surface area contributed by atoms with Crippen LogP contribution >= 0.6 is 0 Å². The van der Waals surface area contributed by atoms with Crippen molar-refractivity contribution in [3.63, 3.8) is 0 Å². The quantitative estimate of drug-likeness (QED) is 0.601. The molecule has 35 heavy (non-hydrogen) atoms. The van der Waals surface area contributed by atoms with Crippen molar-refractivity contribution in [3.8, 4) is 17.2 Å². The van der Waals surface area contributed by atoms with Crippen LogP contribution in [0, 0.1) is 5.82 Å². The van der Waals surface area contributed by atoms with Crippen LogP contribution in [0.2, 0.25) is 0 Å². The standard InChI is InChI=1S/C28H29FN2O4/c29-23-5-1-2-6-24(23)31-12-10-28(32,11-13-31)22-8-9-25-21(16-22)18-30(14-15-33-25)17-20-4-3-7-26-27(20)35-19-34-26/h1-9,16,32H,10-15,17-19H2. The van der Waals surface area contributed by atoms with Crippen molar-refractivity contribution in [1.82, 2.24) is 4.90 Å². The summed E-state index contributed by atoms with van der Waals surface area (Å²) in [5, 5.41) is 11.6. The molecule has 0 amide bonds. The fourth-order valence-electron chi connectivity index (χ4n) is 5.34. The van der Waals surface area contributed by atoms with Gasteiger partial charge in [-0.3, -0.25) is 4.90 Å². The number of halogens is 1. The summed E-state index contributed by atoms with van der Waals surface area (Å²) < 4.78 is 31.5. The summed E-state index contributed by atoms with van der Waals surface area (Å²) >= 11 is 0. The van der Waals surface area contributed by atoms with Gasteiger partial charge < -0.3 is 24.2 Å². The predicted molar refractivity (Wildman–Crippen MR) is 130 cm³/mol. The smallest absolute Gasteiger partial charge is 0.231 e. The van der Waals surface area contributed by atoms with E-state index in [1.165, 1.54) is 6.07 Å². The molecule has 0 spiro atoms. The highest BCUT2D eigenvalue weighted by molar-refractivity contribution is 5.50. The van der Waals surface area contributed by atoms with Crippen LogP contribution in [0.4, 0.5) is 10.1 Å². The average Bonchev–Trinajstić information content (AvgIpc) is 3.27. The normalized spacial score (nSPS) is 19.1. The van der Waals surface area contributed by atoms with Gasteiger partial charge in [0.05, 0.1) is 11.3 Å². The van der Waals surface area contributed by atoms with E-state index in [0.717, 1.165) is 47.0 Å². The third-order valence-electron chi connectivity index (χ3n) is 7.31. The first-order valence-corrected chi connectivity index (χ1v) is 12.2. The maximum absolute atomic E-state index is 14.2. The number of benzene rings is 3. The second-order valence-electron chi connectivity index (χ2n) is 9.50. The molecule has 0 aliphatic carbocycles. The Morgan fingerprint density at radius 3 is 2.60 bits per heavy atom. The number of hydrogen-bond acceptors (Lipinski definition) is 6. The number of aliphatic hydroxyl groups is 1. The van der Waals surface area contributed by atoms with Gasteiger partial charge in [-0.05, 0) is 48.7 Å². The molecule has 0 bridgehead atoms. The second kappa shape index (κ2) is 9.06. The highest BCUT2D eigenvalue weighted by Crippen LogP contribution is 2.39. The third kappa shape index (κ3) is 4.30. The Bertz CT molecular complexity index is 1230. The molecule has 0 unspecified atom stereocenters. The summed E-state index contributed by atoms with van der Waals surface area (Å²) in [5.74, 6) is 2.26. The van der Waals surface area contributed by atoms with Crippen LogP contribution < -0.4 is 19.1 Å². The summed E-state index contributed by atoms with van der Waals surface area (Å²) in [6.07, 6.45) is 1.08. The van der Waals surface area contributed by atoms with Crippen molar-refractivity contribution in [2.45, 2.75) is 31.5 Å². The second-order valence-corrected chi connectivity index (χ2v) is 9.50. The molecule has 1 fully saturated rings. The van der Waals surface area contributed by atoms with E-state index < -0.39 is 5.60 Å². The molecule has 6 rings (SSSR count). The lowest BCUT2D eigenvalue weighted by Crippen LogP contribution is -2.43. The van der Waals surface area contributed by atoms with E-state index in [0.29, 0.717) is 44.8 Å². The van der Waals surface area contributed by atoms with Crippen LogP contribution in [0.3, 0.4) is 0 Å². The molecule has 1 N–H and O–H groups in total. The Morgan fingerprint density at radius 2 is 1.74 bits per heavy atom. The number of anilines is 1. The van der Waals surface area contributed by atoms with Gasteiger partial charge in [-0.1, -0.05) is 30.3 Å². The molecule has 0 saturated carbocycles. The number of para-hydroxylation sites is 2. The average molecular weight is 477 g/mol. The van der Waals surface area contributed by atoms with E-state index in [1.807, 2.05) is 35.2 Å². The van der Waals surface area contributed by atoms with Gasteiger partial charge in [0.15, 0.2) is 11.5 Å². The minimum atomic E-state index is -0.945. The molecular weight excluding hydrogens is 447 g/mol. The van der Waals surface area contributed by atoms with Crippen molar-refractivity contribution in [2.75, 3.05) is 37.9 Å². The van der Waals surface area contributed by atoms with Gasteiger partial charge in [-0.25, -0.2) is 4.39 Å². The molecule has 0 aromatic heterocycles. The Morgan fingerprint density at radius 1 is 0.886 bits per heavy atom. The van der Waals surface area contributed by atoms with Gasteiger partial charge in [0.1, 0.15) is 18.2 Å². The van der Waals surface area contributed by atoms with Gasteiger partial charge in [-0.2, -0.15) is 0 Å². The third-order valence-corrected chi connectivity index (χ3v) is 7.31. The fraction of sp³-hybridized carbons (Fsp3) is 0.357. The monoisotopic (exact) mass is 476 g/mol. The lowest BCUT2D eigenvalue weighted by molar-refractivity contribution is 0.0115. The maximum atomic E-state index is 14.2. The SMILES string of the molecule is OC1(c2ccc3c(c2)CN(Cc2cccc4c2OCO4)CCO3)CCN(c2ccccc2F)CC1. The van der Waals surface area contributed by atoms with Crippen molar-refractivity contribution in [3.05, 3.63) is 83.2 Å². The van der Waals surface area contributed by atoms with Gasteiger partial charge in [-0.15, -0.1) is 0 Å². The van der Waals surface area contributed by atoms with E-state index in [1.54, 1.807) is 12.1 Å². The first-order chi connectivity index (χ1) is 17.1. The van der Waals surface area contributed by atoms with Crippen LogP contribution in [-0.2, 0) is 18.7 Å². The molecular formula is C28H29FN2O4. The highest BCUT2D eigenvalue weighted by Gasteiger charge is 2.35. The Hall–Kier alpha value is -3.29. The fourth-order valence-corrected chi connectivity index (χ4v) is 5.34. The van der Waals surface area contributed by atoms with Crippen molar-refractivity contribution >= 4 is 5.69 Å². The highest BCUT2D eigenvalue weighted by atomic mass is 19.1. The van der Waals surface area contributed by atoms with E-state index in [4.69, 9.17) is 14.2 Å². The predicted octanol–water partition coefficient (Wildman–Crippen LogP) is 4.44. The van der Waals surface area contributed by atoms with Crippen LogP contribution in [0.25, 0.3) is 0 Å². The van der Waals surface area contributed by atoms with Crippen LogP contribution in [-0.4, -0.2) is 43.0 Å². The van der Waals surface area contributed by atoms with Gasteiger partial charge in [0.25, 0.3) is 0 Å². The molecule has 6 nitrogen and oxygen atoms in total.